The van der Waals surface area contributed by atoms with E-state index in [1.54, 1.807) is 39.7 Å². The lowest BCUT2D eigenvalue weighted by Crippen LogP contribution is -2.42. The Kier molecular flexibility index (Phi) is 15.5. The van der Waals surface area contributed by atoms with Gasteiger partial charge >= 0.3 is 0 Å². The molecule has 1 aliphatic rings. The molecule has 0 radical (unpaired) electrons. The van der Waals surface area contributed by atoms with E-state index in [9.17, 15) is 14.9 Å². The van der Waals surface area contributed by atoms with E-state index in [1.165, 1.54) is 6.33 Å². The number of nitrogens with one attached hydrogen (secondary N) is 2. The predicted octanol–water partition coefficient (Wildman–Crippen LogP) is 7.31. The summed E-state index contributed by atoms with van der Waals surface area (Å²) in [5, 5.41) is 12.1. The molecule has 0 aliphatic carbocycles. The summed E-state index contributed by atoms with van der Waals surface area (Å²) < 4.78 is 49.0. The van der Waals surface area contributed by atoms with Crippen LogP contribution in [0.4, 0.5) is 5.95 Å². The summed E-state index contributed by atoms with van der Waals surface area (Å²) in [4.78, 5) is 37.7. The minimum atomic E-state index is -1.81. The van der Waals surface area contributed by atoms with E-state index in [1.807, 2.05) is 78.9 Å². The molecule has 3 aromatic carbocycles. The molecule has 62 heavy (non-hydrogen) atoms. The van der Waals surface area contributed by atoms with Gasteiger partial charge in [-0.3, -0.25) is 24.5 Å². The molecule has 6 rings (SSSR count). The number of methoxy groups -OCH3 is 3. The fourth-order valence-corrected chi connectivity index (χ4v) is 9.33. The highest BCUT2D eigenvalue weighted by atomic mass is 31.2. The van der Waals surface area contributed by atoms with E-state index >= 15 is 0 Å². The molecule has 0 spiro atoms. The second-order valence-electron chi connectivity index (χ2n) is 15.6. The SMILES string of the molecule is COc1ccc(C(OC[C@H]2O[C@@H](n3cnc4c(=O)[nH]c(NC(=O)C(C)C)nc43)[C@@H](OC)[C@@H]2OP(OCCC#N)N(C(C)C)C(C)C)(c2ccccc2)c2ccc(OC)cc2)cc1. The Balaban J connectivity index is 1.50. The number of imidazole rings is 1. The number of carbonyl (C=O) groups excluding carboxylic acids is 1. The summed E-state index contributed by atoms with van der Waals surface area (Å²) in [6.45, 7) is 11.8. The zero-order valence-electron chi connectivity index (χ0n) is 36.6. The number of nitrogens with zero attached hydrogens (tertiary/aromatic N) is 5. The summed E-state index contributed by atoms with van der Waals surface area (Å²) in [5.74, 6) is 0.640. The van der Waals surface area contributed by atoms with Crippen molar-refractivity contribution in [3.05, 3.63) is 112 Å². The van der Waals surface area contributed by atoms with Crippen molar-refractivity contribution in [2.24, 2.45) is 5.92 Å². The van der Waals surface area contributed by atoms with Crippen LogP contribution in [0.5, 0.6) is 11.5 Å². The highest BCUT2D eigenvalue weighted by Gasteiger charge is 2.51. The van der Waals surface area contributed by atoms with Crippen molar-refractivity contribution in [2.45, 2.75) is 90.2 Å². The number of aromatic nitrogens is 4. The summed E-state index contributed by atoms with van der Waals surface area (Å²) in [6.07, 6.45) is -1.86. The average Bonchev–Trinajstić information content (AvgIpc) is 3.85. The van der Waals surface area contributed by atoms with Gasteiger partial charge in [0.1, 0.15) is 35.4 Å². The predicted molar refractivity (Wildman–Crippen MR) is 235 cm³/mol. The van der Waals surface area contributed by atoms with Crippen molar-refractivity contribution >= 4 is 31.5 Å². The Morgan fingerprint density at radius 2 is 1.52 bits per heavy atom. The molecule has 17 heteroatoms. The third-order valence-electron chi connectivity index (χ3n) is 10.5. The third kappa shape index (κ3) is 9.85. The quantitative estimate of drug-likeness (QED) is 0.0451. The molecular weight excluding hydrogens is 814 g/mol. The van der Waals surface area contributed by atoms with E-state index in [0.717, 1.165) is 16.7 Å². The zero-order chi connectivity index (χ0) is 44.6. The normalized spacial score (nSPS) is 18.5. The lowest BCUT2D eigenvalue weighted by atomic mass is 9.80. The van der Waals surface area contributed by atoms with Crippen molar-refractivity contribution in [3.8, 4) is 17.6 Å². The minimum absolute atomic E-state index is 0.000808. The highest BCUT2D eigenvalue weighted by Crippen LogP contribution is 2.51. The van der Waals surface area contributed by atoms with Gasteiger partial charge < -0.3 is 32.7 Å². The largest absolute Gasteiger partial charge is 0.497 e. The number of H-pyrrole nitrogens is 1. The van der Waals surface area contributed by atoms with Gasteiger partial charge in [0.05, 0.1) is 46.3 Å². The van der Waals surface area contributed by atoms with E-state index in [-0.39, 0.29) is 60.7 Å². The van der Waals surface area contributed by atoms with E-state index in [2.05, 4.69) is 58.7 Å². The third-order valence-corrected chi connectivity index (χ3v) is 12.7. The lowest BCUT2D eigenvalue weighted by molar-refractivity contribution is -0.118. The lowest BCUT2D eigenvalue weighted by Gasteiger charge is -2.39. The minimum Gasteiger partial charge on any atom is -0.497 e. The second kappa shape index (κ2) is 20.8. The van der Waals surface area contributed by atoms with E-state index < -0.39 is 44.2 Å². The van der Waals surface area contributed by atoms with Crippen molar-refractivity contribution in [3.63, 3.8) is 0 Å². The molecule has 2 aromatic heterocycles. The van der Waals surface area contributed by atoms with Gasteiger partial charge in [-0.15, -0.1) is 0 Å². The Hall–Kier alpha value is -5.24. The van der Waals surface area contributed by atoms with Crippen LogP contribution in [0.25, 0.3) is 11.2 Å². The van der Waals surface area contributed by atoms with Gasteiger partial charge in [0, 0.05) is 25.1 Å². The first-order valence-corrected chi connectivity index (χ1v) is 21.7. The Morgan fingerprint density at radius 1 is 0.919 bits per heavy atom. The number of carbonyl (C=O) groups is 1. The van der Waals surface area contributed by atoms with Crippen LogP contribution < -0.4 is 20.3 Å². The maximum Gasteiger partial charge on any atom is 0.280 e. The first-order chi connectivity index (χ1) is 29.9. The molecule has 5 aromatic rings. The number of anilines is 1. The molecular formula is C45H56N7O9P. The number of hydrogen-bond donors (Lipinski definition) is 2. The Labute approximate surface area is 363 Å². The maximum absolute atomic E-state index is 13.3. The summed E-state index contributed by atoms with van der Waals surface area (Å²) in [5.41, 5.74) is 0.934. The van der Waals surface area contributed by atoms with Crippen LogP contribution in [-0.4, -0.2) is 95.0 Å². The molecule has 0 bridgehead atoms. The average molecular weight is 870 g/mol. The van der Waals surface area contributed by atoms with Gasteiger partial charge in [0.25, 0.3) is 14.1 Å². The monoisotopic (exact) mass is 869 g/mol. The number of nitriles is 1. The van der Waals surface area contributed by atoms with Crippen molar-refractivity contribution in [1.29, 1.82) is 5.26 Å². The second-order valence-corrected chi connectivity index (χ2v) is 17.0. The molecule has 1 saturated heterocycles. The first-order valence-electron chi connectivity index (χ1n) is 20.6. The summed E-state index contributed by atoms with van der Waals surface area (Å²) in [7, 11) is 2.99. The van der Waals surface area contributed by atoms with Crippen molar-refractivity contribution in [1.82, 2.24) is 24.2 Å². The van der Waals surface area contributed by atoms with Gasteiger partial charge in [-0.05, 0) is 68.7 Å². The molecule has 1 aliphatic heterocycles. The molecule has 1 unspecified atom stereocenters. The number of fused-ring (bicyclic) bond motifs is 1. The van der Waals surface area contributed by atoms with Crippen LogP contribution in [0.2, 0.25) is 0 Å². The molecule has 3 heterocycles. The number of aromatic amines is 1. The smallest absolute Gasteiger partial charge is 0.280 e. The van der Waals surface area contributed by atoms with Crippen LogP contribution in [-0.2, 0) is 33.7 Å². The molecule has 330 valence electrons. The molecule has 1 fully saturated rings. The van der Waals surface area contributed by atoms with Gasteiger partial charge in [-0.1, -0.05) is 68.4 Å². The van der Waals surface area contributed by atoms with Crippen LogP contribution in [0.1, 0.15) is 70.9 Å². The number of hydrogen-bond acceptors (Lipinski definition) is 13. The van der Waals surface area contributed by atoms with Crippen LogP contribution in [0.3, 0.4) is 0 Å². The van der Waals surface area contributed by atoms with Crippen molar-refractivity contribution in [2.75, 3.05) is 39.9 Å². The van der Waals surface area contributed by atoms with Gasteiger partial charge in [-0.25, -0.2) is 9.65 Å². The van der Waals surface area contributed by atoms with Crippen LogP contribution in [0, 0.1) is 17.2 Å². The van der Waals surface area contributed by atoms with Crippen LogP contribution in [0.15, 0.2) is 90.0 Å². The maximum atomic E-state index is 13.3. The van der Waals surface area contributed by atoms with Crippen molar-refractivity contribution < 1.29 is 37.5 Å². The Morgan fingerprint density at radius 3 is 2.05 bits per heavy atom. The standard InChI is InChI=1S/C45H56N7O9P/c1-28(2)41(53)49-44-48-40-37(42(54)50-44)47-27-51(40)43-39(57-9)38(61-62(59-25-13-24-46)52(29(3)4)30(5)6)36(60-43)26-58-45(31-14-11-10-12-15-31,32-16-20-34(55-7)21-17-32)33-18-22-35(56-8)23-19-33/h10-12,14-23,27-30,36,38-39,43H,13,25-26H2,1-9H3,(H2,48,49,50,53,54)/t36-,38-,39+,43-,62?/m1/s1. The fourth-order valence-electron chi connectivity index (χ4n) is 7.56. The number of amides is 1. The van der Waals surface area contributed by atoms with Gasteiger partial charge in [0.15, 0.2) is 17.4 Å². The first kappa shape index (κ1) is 46.3. The summed E-state index contributed by atoms with van der Waals surface area (Å²) in [6, 6.07) is 27.5. The number of benzene rings is 3. The van der Waals surface area contributed by atoms with Crippen LogP contribution >= 0.6 is 8.53 Å². The molecule has 2 N–H and O–H groups in total. The highest BCUT2D eigenvalue weighted by molar-refractivity contribution is 7.44. The van der Waals surface area contributed by atoms with E-state index in [4.69, 9.17) is 32.7 Å². The topological polar surface area (TPSA) is 184 Å². The number of ether oxygens (including phenoxy) is 5. The summed E-state index contributed by atoms with van der Waals surface area (Å²) >= 11 is 0. The molecule has 0 saturated carbocycles. The molecule has 1 amide bonds. The number of rotatable bonds is 20. The molecule has 16 nitrogen and oxygen atoms in total. The van der Waals surface area contributed by atoms with Gasteiger partial charge in [0.2, 0.25) is 11.9 Å². The van der Waals surface area contributed by atoms with Gasteiger partial charge in [-0.2, -0.15) is 10.2 Å². The van der Waals surface area contributed by atoms with E-state index in [0.29, 0.717) is 11.5 Å². The zero-order valence-corrected chi connectivity index (χ0v) is 37.5. The fraction of sp³-hybridized carbons (Fsp3) is 0.444. The molecule has 5 atom stereocenters. The Bertz CT molecular complexity index is 2280.